The summed E-state index contributed by atoms with van der Waals surface area (Å²) >= 11 is 3.93. The maximum atomic E-state index is 10.5. The van der Waals surface area contributed by atoms with E-state index in [0.717, 1.165) is 31.2 Å². The number of phenols is 2. The van der Waals surface area contributed by atoms with Gasteiger partial charge in [0.2, 0.25) is 0 Å². The van der Waals surface area contributed by atoms with Gasteiger partial charge < -0.3 is 10.2 Å². The molecule has 0 bridgehead atoms. The summed E-state index contributed by atoms with van der Waals surface area (Å²) < 4.78 is 0. The fraction of sp³-hybridized carbons (Fsp3) is 0.565. The lowest BCUT2D eigenvalue weighted by Gasteiger charge is -2.59. The van der Waals surface area contributed by atoms with Crippen molar-refractivity contribution in [1.82, 2.24) is 0 Å². The Balaban J connectivity index is 1.97. The molecule has 2 nitrogen and oxygen atoms in total. The molecule has 0 spiro atoms. The van der Waals surface area contributed by atoms with Crippen molar-refractivity contribution in [2.45, 2.75) is 57.7 Å². The third-order valence-electron chi connectivity index (χ3n) is 7.35. The fourth-order valence-corrected chi connectivity index (χ4v) is 6.25. The molecule has 1 aromatic carbocycles. The summed E-state index contributed by atoms with van der Waals surface area (Å²) in [5.74, 6) is 1.36. The molecule has 0 aliphatic heterocycles. The molecule has 142 valence electrons. The van der Waals surface area contributed by atoms with E-state index in [0.29, 0.717) is 22.2 Å². The van der Waals surface area contributed by atoms with Crippen LogP contribution < -0.4 is 0 Å². The third-order valence-corrected chi connectivity index (χ3v) is 8.99. The Labute approximate surface area is 166 Å². The summed E-state index contributed by atoms with van der Waals surface area (Å²) in [4.78, 5) is 0.546. The second kappa shape index (κ2) is 6.74. The van der Waals surface area contributed by atoms with Crippen LogP contribution in [0.3, 0.4) is 0 Å². The molecule has 2 saturated carbocycles. The minimum absolute atomic E-state index is 0.169. The smallest absolute Gasteiger partial charge is 0.123 e. The van der Waals surface area contributed by atoms with Crippen molar-refractivity contribution in [3.63, 3.8) is 0 Å². The number of alkyl halides is 1. The van der Waals surface area contributed by atoms with Gasteiger partial charge in [-0.25, -0.2) is 0 Å². The average molecular weight is 419 g/mol. The Hall–Kier alpha value is -1.22. The SMILES string of the molecule is C=Cc1cc(O)c(C[C@@H]2C(=C)CC[C@H]3C(C)(C)[C@@H](Br)CC[C@]23C)cc1O. The van der Waals surface area contributed by atoms with Crippen molar-refractivity contribution < 1.29 is 10.2 Å². The number of allylic oxidation sites excluding steroid dienone is 1. The molecule has 26 heavy (non-hydrogen) atoms. The molecule has 0 heterocycles. The highest BCUT2D eigenvalue weighted by Gasteiger charge is 2.55. The highest BCUT2D eigenvalue weighted by molar-refractivity contribution is 9.09. The lowest BCUT2D eigenvalue weighted by molar-refractivity contribution is -0.0461. The van der Waals surface area contributed by atoms with E-state index in [1.165, 1.54) is 12.0 Å². The number of phenolic OH excluding ortho intramolecular Hbond substituents is 2. The minimum atomic E-state index is 0.169. The molecule has 4 atom stereocenters. The Morgan fingerprint density at radius 1 is 1.19 bits per heavy atom. The number of fused-ring (bicyclic) bond motifs is 1. The van der Waals surface area contributed by atoms with Crippen LogP contribution in [0.25, 0.3) is 6.08 Å². The molecule has 0 saturated heterocycles. The van der Waals surface area contributed by atoms with E-state index in [1.54, 1.807) is 18.2 Å². The quantitative estimate of drug-likeness (QED) is 0.336. The number of aromatic hydroxyl groups is 2. The van der Waals surface area contributed by atoms with E-state index in [1.807, 2.05) is 0 Å². The molecular weight excluding hydrogens is 388 g/mol. The van der Waals surface area contributed by atoms with Gasteiger partial charge in [-0.3, -0.25) is 0 Å². The predicted molar refractivity (Wildman–Crippen MR) is 113 cm³/mol. The number of rotatable bonds is 3. The molecule has 0 aromatic heterocycles. The van der Waals surface area contributed by atoms with Crippen LogP contribution in [0.5, 0.6) is 11.5 Å². The van der Waals surface area contributed by atoms with Crippen molar-refractivity contribution in [1.29, 1.82) is 0 Å². The Bertz CT molecular complexity index is 736. The molecule has 2 N–H and O–H groups in total. The molecule has 1 aromatic rings. The van der Waals surface area contributed by atoms with Crippen LogP contribution in [0.15, 0.2) is 30.9 Å². The molecule has 2 aliphatic carbocycles. The first-order chi connectivity index (χ1) is 12.1. The lowest BCUT2D eigenvalue weighted by Crippen LogP contribution is -2.53. The first-order valence-corrected chi connectivity index (χ1v) is 10.5. The number of hydrogen-bond acceptors (Lipinski definition) is 2. The van der Waals surface area contributed by atoms with Crippen LogP contribution in [0.2, 0.25) is 0 Å². The highest BCUT2D eigenvalue weighted by atomic mass is 79.9. The van der Waals surface area contributed by atoms with E-state index in [9.17, 15) is 10.2 Å². The van der Waals surface area contributed by atoms with E-state index in [2.05, 4.69) is 49.9 Å². The van der Waals surface area contributed by atoms with E-state index < -0.39 is 0 Å². The van der Waals surface area contributed by atoms with Gasteiger partial charge in [0, 0.05) is 10.4 Å². The molecule has 2 fully saturated rings. The van der Waals surface area contributed by atoms with Crippen LogP contribution >= 0.6 is 15.9 Å². The normalized spacial score (nSPS) is 33.5. The molecule has 0 amide bonds. The summed E-state index contributed by atoms with van der Waals surface area (Å²) in [5, 5.41) is 20.7. The maximum Gasteiger partial charge on any atom is 0.123 e. The molecule has 0 radical (unpaired) electrons. The van der Waals surface area contributed by atoms with Crippen LogP contribution in [0.1, 0.15) is 57.6 Å². The van der Waals surface area contributed by atoms with Crippen molar-refractivity contribution in [3.05, 3.63) is 42.0 Å². The van der Waals surface area contributed by atoms with Gasteiger partial charge in [-0.05, 0) is 72.5 Å². The van der Waals surface area contributed by atoms with E-state index in [-0.39, 0.29) is 22.3 Å². The van der Waals surface area contributed by atoms with Gasteiger partial charge in [-0.1, -0.05) is 61.5 Å². The minimum Gasteiger partial charge on any atom is -0.508 e. The zero-order valence-corrected chi connectivity index (χ0v) is 17.8. The molecular formula is C23H31BrO2. The Morgan fingerprint density at radius 3 is 2.54 bits per heavy atom. The first-order valence-electron chi connectivity index (χ1n) is 9.60. The Morgan fingerprint density at radius 2 is 1.88 bits per heavy atom. The highest BCUT2D eigenvalue weighted by Crippen LogP contribution is 2.62. The van der Waals surface area contributed by atoms with Gasteiger partial charge in [0.25, 0.3) is 0 Å². The van der Waals surface area contributed by atoms with Crippen molar-refractivity contribution >= 4 is 22.0 Å². The number of benzene rings is 1. The van der Waals surface area contributed by atoms with Gasteiger partial charge in [0.1, 0.15) is 11.5 Å². The largest absolute Gasteiger partial charge is 0.508 e. The maximum absolute atomic E-state index is 10.5. The van der Waals surface area contributed by atoms with Crippen molar-refractivity contribution in [2.75, 3.05) is 0 Å². The average Bonchev–Trinajstić information content (AvgIpc) is 2.57. The fourth-order valence-electron chi connectivity index (χ4n) is 5.70. The van der Waals surface area contributed by atoms with Crippen LogP contribution in [-0.2, 0) is 6.42 Å². The molecule has 2 aliphatic rings. The van der Waals surface area contributed by atoms with E-state index in [4.69, 9.17) is 0 Å². The summed E-state index contributed by atoms with van der Waals surface area (Å²) in [6.45, 7) is 15.3. The third kappa shape index (κ3) is 3.02. The number of hydrogen-bond donors (Lipinski definition) is 2. The zero-order valence-electron chi connectivity index (χ0n) is 16.2. The van der Waals surface area contributed by atoms with Gasteiger partial charge in [-0.2, -0.15) is 0 Å². The molecule has 3 heteroatoms. The standard InChI is InChI=1S/C23H31BrO2/c1-6-15-12-19(26)16(13-18(15)25)11-17-14(2)7-8-20-22(3,4)21(24)9-10-23(17,20)5/h6,12-13,17,20-21,25-26H,1-2,7-11H2,3-5H3/t17-,20+,21+,23-/m1/s1. The second-order valence-electron chi connectivity index (χ2n) is 9.08. The van der Waals surface area contributed by atoms with Crippen LogP contribution in [0, 0.1) is 22.7 Å². The topological polar surface area (TPSA) is 40.5 Å². The summed E-state index contributed by atoms with van der Waals surface area (Å²) in [6, 6.07) is 3.32. The lowest BCUT2D eigenvalue weighted by atomic mass is 9.47. The summed E-state index contributed by atoms with van der Waals surface area (Å²) in [6.07, 6.45) is 6.86. The van der Waals surface area contributed by atoms with Crippen LogP contribution in [0.4, 0.5) is 0 Å². The molecule has 3 rings (SSSR count). The van der Waals surface area contributed by atoms with Crippen molar-refractivity contribution in [3.8, 4) is 11.5 Å². The number of halogens is 1. The van der Waals surface area contributed by atoms with Crippen LogP contribution in [-0.4, -0.2) is 15.0 Å². The first kappa shape index (κ1) is 19.5. The Kier molecular flexibility index (Phi) is 5.07. The zero-order chi connectivity index (χ0) is 19.3. The predicted octanol–water partition coefficient (Wildman–Crippen LogP) is 6.46. The van der Waals surface area contributed by atoms with E-state index >= 15 is 0 Å². The molecule has 0 unspecified atom stereocenters. The van der Waals surface area contributed by atoms with Crippen molar-refractivity contribution in [2.24, 2.45) is 22.7 Å². The van der Waals surface area contributed by atoms with Gasteiger partial charge >= 0.3 is 0 Å². The monoisotopic (exact) mass is 418 g/mol. The summed E-state index contributed by atoms with van der Waals surface area (Å²) in [7, 11) is 0. The van der Waals surface area contributed by atoms with Gasteiger partial charge in [0.05, 0.1) is 0 Å². The second-order valence-corrected chi connectivity index (χ2v) is 10.2. The van der Waals surface area contributed by atoms with Gasteiger partial charge in [-0.15, -0.1) is 0 Å². The summed E-state index contributed by atoms with van der Waals surface area (Å²) in [5.41, 5.74) is 3.07. The van der Waals surface area contributed by atoms with Gasteiger partial charge in [0.15, 0.2) is 0 Å².